The van der Waals surface area contributed by atoms with E-state index in [1.165, 1.54) is 11.4 Å². The molecule has 0 aromatic carbocycles. The minimum Gasteiger partial charge on any atom is -0.377 e. The molecular formula is C15H22N2O2S. The van der Waals surface area contributed by atoms with Crippen molar-refractivity contribution in [2.24, 2.45) is 5.92 Å². The molecule has 20 heavy (non-hydrogen) atoms. The predicted molar refractivity (Wildman–Crippen MR) is 79.8 cm³/mol. The number of fused-ring (bicyclic) bond motifs is 1. The summed E-state index contributed by atoms with van der Waals surface area (Å²) in [5.41, 5.74) is 0. The first-order chi connectivity index (χ1) is 9.86. The van der Waals surface area contributed by atoms with Gasteiger partial charge in [-0.3, -0.25) is 4.90 Å². The molecule has 1 aliphatic heterocycles. The lowest BCUT2D eigenvalue weighted by molar-refractivity contribution is -0.0591. The van der Waals surface area contributed by atoms with Gasteiger partial charge in [-0.25, -0.2) is 4.98 Å². The molecular weight excluding hydrogens is 272 g/mol. The van der Waals surface area contributed by atoms with E-state index >= 15 is 0 Å². The summed E-state index contributed by atoms with van der Waals surface area (Å²) in [5.74, 6) is 0.613. The van der Waals surface area contributed by atoms with Crippen LogP contribution in [0.5, 0.6) is 0 Å². The maximum atomic E-state index is 5.95. The molecule has 3 rings (SSSR count). The van der Waals surface area contributed by atoms with E-state index in [1.807, 2.05) is 17.7 Å². The first-order valence-corrected chi connectivity index (χ1v) is 8.17. The van der Waals surface area contributed by atoms with Crippen LogP contribution in [0.1, 0.15) is 17.8 Å². The number of thiazole rings is 1. The third-order valence-corrected chi connectivity index (χ3v) is 4.92. The van der Waals surface area contributed by atoms with Crippen molar-refractivity contribution < 1.29 is 9.47 Å². The smallest absolute Gasteiger partial charge is 0.107 e. The highest BCUT2D eigenvalue weighted by atomic mass is 32.1. The summed E-state index contributed by atoms with van der Waals surface area (Å²) in [6, 6.07) is 0.532. The van der Waals surface area contributed by atoms with Crippen molar-refractivity contribution in [1.82, 2.24) is 9.88 Å². The highest BCUT2D eigenvalue weighted by Crippen LogP contribution is 2.35. The summed E-state index contributed by atoms with van der Waals surface area (Å²) in [4.78, 5) is 6.95. The number of hydrogen-bond acceptors (Lipinski definition) is 5. The highest BCUT2D eigenvalue weighted by Gasteiger charge is 2.41. The molecule has 0 unspecified atom stereocenters. The van der Waals surface area contributed by atoms with Crippen LogP contribution in [0.4, 0.5) is 0 Å². The summed E-state index contributed by atoms with van der Waals surface area (Å²) in [6.07, 6.45) is 6.37. The van der Waals surface area contributed by atoms with E-state index in [-0.39, 0.29) is 0 Å². The van der Waals surface area contributed by atoms with Crippen molar-refractivity contribution in [2.75, 3.05) is 26.4 Å². The number of ether oxygens (including phenoxy) is 2. The number of aromatic nitrogens is 1. The zero-order valence-corrected chi connectivity index (χ0v) is 12.6. The first-order valence-electron chi connectivity index (χ1n) is 7.29. The Hall–Kier alpha value is -0.750. The third kappa shape index (κ3) is 3.28. The Balaban J connectivity index is 1.56. The van der Waals surface area contributed by atoms with Gasteiger partial charge in [0.1, 0.15) is 5.01 Å². The Morgan fingerprint density at radius 2 is 2.50 bits per heavy atom. The lowest BCUT2D eigenvalue weighted by Gasteiger charge is -2.37. The zero-order valence-electron chi connectivity index (χ0n) is 11.7. The van der Waals surface area contributed by atoms with Gasteiger partial charge in [0, 0.05) is 30.8 Å². The van der Waals surface area contributed by atoms with Gasteiger partial charge < -0.3 is 9.47 Å². The molecule has 4 nitrogen and oxygen atoms in total. The molecule has 110 valence electrons. The molecule has 0 radical (unpaired) electrons. The van der Waals surface area contributed by atoms with Crippen LogP contribution in [0.25, 0.3) is 0 Å². The molecule has 0 amide bonds. The van der Waals surface area contributed by atoms with Crippen molar-refractivity contribution in [3.05, 3.63) is 29.2 Å². The molecule has 0 spiro atoms. The lowest BCUT2D eigenvalue weighted by Crippen LogP contribution is -2.47. The van der Waals surface area contributed by atoms with Gasteiger partial charge in [-0.2, -0.15) is 0 Å². The van der Waals surface area contributed by atoms with Crippen LogP contribution in [-0.2, 0) is 16.0 Å². The molecule has 2 aliphatic rings. The van der Waals surface area contributed by atoms with E-state index in [2.05, 4.69) is 16.5 Å². The quantitative estimate of drug-likeness (QED) is 0.596. The van der Waals surface area contributed by atoms with E-state index in [1.54, 1.807) is 11.3 Å². The molecule has 3 atom stereocenters. The fourth-order valence-electron chi connectivity index (χ4n) is 3.28. The van der Waals surface area contributed by atoms with Gasteiger partial charge in [0.15, 0.2) is 0 Å². The first kappa shape index (κ1) is 14.2. The van der Waals surface area contributed by atoms with Crippen LogP contribution in [0.3, 0.4) is 0 Å². The van der Waals surface area contributed by atoms with E-state index in [0.29, 0.717) is 24.7 Å². The van der Waals surface area contributed by atoms with E-state index < -0.39 is 0 Å². The second-order valence-corrected chi connectivity index (χ2v) is 6.52. The van der Waals surface area contributed by atoms with Gasteiger partial charge in [-0.1, -0.05) is 6.08 Å². The molecule has 2 fully saturated rings. The van der Waals surface area contributed by atoms with Gasteiger partial charge in [-0.15, -0.1) is 17.9 Å². The minimum absolute atomic E-state index is 0.376. The van der Waals surface area contributed by atoms with Gasteiger partial charge in [0.25, 0.3) is 0 Å². The summed E-state index contributed by atoms with van der Waals surface area (Å²) in [6.45, 7) is 7.98. The Labute approximate surface area is 124 Å². The molecule has 1 aromatic heterocycles. The Kier molecular flexibility index (Phi) is 4.83. The topological polar surface area (TPSA) is 34.6 Å². The molecule has 5 heteroatoms. The summed E-state index contributed by atoms with van der Waals surface area (Å²) in [5, 5.41) is 3.26. The summed E-state index contributed by atoms with van der Waals surface area (Å²) >= 11 is 1.74. The largest absolute Gasteiger partial charge is 0.377 e. The van der Waals surface area contributed by atoms with Crippen molar-refractivity contribution in [3.8, 4) is 0 Å². The molecule has 1 aromatic rings. The molecule has 0 bridgehead atoms. The SMILES string of the molecule is C=CCOC[C@H]1C[C@@H]2OCCN(Cc3nccs3)[C@H]2C1. The predicted octanol–water partition coefficient (Wildman–Crippen LogP) is 2.33. The number of morpholine rings is 1. The molecule has 2 heterocycles. The average Bonchev–Trinajstić information content (AvgIpc) is 3.08. The Morgan fingerprint density at radius 3 is 3.30 bits per heavy atom. The maximum absolute atomic E-state index is 5.95. The van der Waals surface area contributed by atoms with Gasteiger partial charge >= 0.3 is 0 Å². The lowest BCUT2D eigenvalue weighted by atomic mass is 10.1. The fraction of sp³-hybridized carbons (Fsp3) is 0.667. The van der Waals surface area contributed by atoms with Gasteiger partial charge in [-0.05, 0) is 18.8 Å². The molecule has 1 saturated carbocycles. The Morgan fingerprint density at radius 1 is 1.55 bits per heavy atom. The monoisotopic (exact) mass is 294 g/mol. The van der Waals surface area contributed by atoms with Gasteiger partial charge in [0.05, 0.1) is 25.9 Å². The standard InChI is InChI=1S/C15H22N2O2S/c1-2-5-18-11-12-8-13-14(9-12)19-6-4-17(13)10-15-16-3-7-20-15/h2-3,7,12-14H,1,4-6,8-11H2/t12-,13+,14+/m1/s1. The van der Waals surface area contributed by atoms with E-state index in [0.717, 1.165) is 32.7 Å². The number of nitrogens with zero attached hydrogens (tertiary/aromatic N) is 2. The van der Waals surface area contributed by atoms with Crippen LogP contribution in [0.2, 0.25) is 0 Å². The summed E-state index contributed by atoms with van der Waals surface area (Å²) in [7, 11) is 0. The molecule has 1 aliphatic carbocycles. The summed E-state index contributed by atoms with van der Waals surface area (Å²) < 4.78 is 11.6. The molecule has 1 saturated heterocycles. The second-order valence-electron chi connectivity index (χ2n) is 5.54. The zero-order chi connectivity index (χ0) is 13.8. The average molecular weight is 294 g/mol. The fourth-order valence-corrected chi connectivity index (χ4v) is 3.92. The van der Waals surface area contributed by atoms with Crippen LogP contribution in [0, 0.1) is 5.92 Å². The van der Waals surface area contributed by atoms with Crippen LogP contribution >= 0.6 is 11.3 Å². The van der Waals surface area contributed by atoms with Crippen molar-refractivity contribution >= 4 is 11.3 Å². The van der Waals surface area contributed by atoms with Crippen molar-refractivity contribution in [1.29, 1.82) is 0 Å². The maximum Gasteiger partial charge on any atom is 0.107 e. The minimum atomic E-state index is 0.376. The molecule has 0 N–H and O–H groups in total. The van der Waals surface area contributed by atoms with Crippen LogP contribution in [-0.4, -0.2) is 48.4 Å². The number of hydrogen-bond donors (Lipinski definition) is 0. The number of rotatable bonds is 6. The van der Waals surface area contributed by atoms with Gasteiger partial charge in [0.2, 0.25) is 0 Å². The van der Waals surface area contributed by atoms with Crippen LogP contribution in [0.15, 0.2) is 24.2 Å². The Bertz CT molecular complexity index is 424. The van der Waals surface area contributed by atoms with Crippen molar-refractivity contribution in [3.63, 3.8) is 0 Å². The van der Waals surface area contributed by atoms with E-state index in [9.17, 15) is 0 Å². The normalized spacial score (nSPS) is 30.3. The van der Waals surface area contributed by atoms with Crippen molar-refractivity contribution in [2.45, 2.75) is 31.5 Å². The van der Waals surface area contributed by atoms with Crippen LogP contribution < -0.4 is 0 Å². The second kappa shape index (κ2) is 6.80. The van der Waals surface area contributed by atoms with E-state index in [4.69, 9.17) is 9.47 Å². The highest BCUT2D eigenvalue weighted by molar-refractivity contribution is 7.09. The third-order valence-electron chi connectivity index (χ3n) is 4.16.